The lowest BCUT2D eigenvalue weighted by atomic mass is 10.1. The summed E-state index contributed by atoms with van der Waals surface area (Å²) in [5.74, 6) is 2.13. The maximum atomic E-state index is 4.34. The predicted octanol–water partition coefficient (Wildman–Crippen LogP) is 3.28. The lowest BCUT2D eigenvalue weighted by molar-refractivity contribution is 0.523. The molecule has 1 aromatic rings. The minimum absolute atomic E-state index is 0.664. The van der Waals surface area contributed by atoms with Crippen molar-refractivity contribution in [3.05, 3.63) is 12.3 Å². The number of aryl methyl sites for hydroxylation is 1. The first-order chi connectivity index (χ1) is 7.83. The molecule has 3 nitrogen and oxygen atoms in total. The average Bonchev–Trinajstić information content (AvgIpc) is 2.90. The molecule has 16 heavy (non-hydrogen) atoms. The first-order valence-corrected chi connectivity index (χ1v) is 6.61. The summed E-state index contributed by atoms with van der Waals surface area (Å²) >= 11 is 0. The molecule has 1 N–H and O–H groups in total. The highest BCUT2D eigenvalue weighted by molar-refractivity contribution is 5.35. The van der Waals surface area contributed by atoms with Crippen LogP contribution in [0.4, 0.5) is 5.82 Å². The van der Waals surface area contributed by atoms with Crippen LogP contribution in [0.15, 0.2) is 12.3 Å². The van der Waals surface area contributed by atoms with E-state index in [0.717, 1.165) is 18.9 Å². The van der Waals surface area contributed by atoms with Crippen molar-refractivity contribution >= 4 is 5.82 Å². The largest absolute Gasteiger partial charge is 0.368 e. The molecule has 0 aromatic carbocycles. The second-order valence-electron chi connectivity index (χ2n) is 4.87. The fraction of sp³-hybridized carbons (Fsp3) is 0.769. The number of nitrogens with one attached hydrogen (secondary N) is 1. The Morgan fingerprint density at radius 1 is 1.44 bits per heavy atom. The number of hydrogen-bond donors (Lipinski definition) is 1. The van der Waals surface area contributed by atoms with E-state index in [1.165, 1.54) is 31.5 Å². The van der Waals surface area contributed by atoms with Crippen LogP contribution in [0.3, 0.4) is 0 Å². The van der Waals surface area contributed by atoms with Gasteiger partial charge in [-0.1, -0.05) is 20.3 Å². The Morgan fingerprint density at radius 2 is 2.31 bits per heavy atom. The van der Waals surface area contributed by atoms with Gasteiger partial charge in [0.2, 0.25) is 0 Å². The molecule has 1 fully saturated rings. The molecule has 0 amide bonds. The van der Waals surface area contributed by atoms with E-state index in [1.807, 2.05) is 6.20 Å². The summed E-state index contributed by atoms with van der Waals surface area (Å²) < 4.78 is 2.08. The van der Waals surface area contributed by atoms with Gasteiger partial charge < -0.3 is 5.32 Å². The Labute approximate surface area is 98.2 Å². The molecule has 0 bridgehead atoms. The van der Waals surface area contributed by atoms with Crippen molar-refractivity contribution in [3.63, 3.8) is 0 Å². The molecule has 1 aliphatic rings. The van der Waals surface area contributed by atoms with Crippen LogP contribution in [-0.2, 0) is 6.54 Å². The standard InChI is InChI=1S/C13H23N3/c1-3-9-16-13(7-8-14-16)15-12-6-5-11(4-2)10-12/h7-8,11-12,15H,3-6,9-10H2,1-2H3. The lowest BCUT2D eigenvalue weighted by Crippen LogP contribution is -2.18. The van der Waals surface area contributed by atoms with Crippen molar-refractivity contribution < 1.29 is 0 Å². The quantitative estimate of drug-likeness (QED) is 0.827. The van der Waals surface area contributed by atoms with E-state index in [-0.39, 0.29) is 0 Å². The van der Waals surface area contributed by atoms with Gasteiger partial charge in [0.15, 0.2) is 0 Å². The molecule has 0 radical (unpaired) electrons. The average molecular weight is 221 g/mol. The molecular weight excluding hydrogens is 198 g/mol. The third kappa shape index (κ3) is 2.57. The van der Waals surface area contributed by atoms with Crippen LogP contribution in [0.1, 0.15) is 46.0 Å². The van der Waals surface area contributed by atoms with Gasteiger partial charge in [-0.15, -0.1) is 0 Å². The first-order valence-electron chi connectivity index (χ1n) is 6.61. The van der Waals surface area contributed by atoms with Gasteiger partial charge in [-0.3, -0.25) is 0 Å². The smallest absolute Gasteiger partial charge is 0.124 e. The molecule has 0 saturated heterocycles. The van der Waals surface area contributed by atoms with E-state index < -0.39 is 0 Å². The SMILES string of the molecule is CCCn1nccc1NC1CCC(CC)C1. The summed E-state index contributed by atoms with van der Waals surface area (Å²) in [6.07, 6.45) is 8.38. The Bertz CT molecular complexity index is 319. The molecule has 1 aromatic heterocycles. The summed E-state index contributed by atoms with van der Waals surface area (Å²) in [7, 11) is 0. The van der Waals surface area contributed by atoms with Gasteiger partial charge in [-0.2, -0.15) is 5.10 Å². The molecule has 90 valence electrons. The second-order valence-corrected chi connectivity index (χ2v) is 4.87. The minimum Gasteiger partial charge on any atom is -0.368 e. The zero-order valence-corrected chi connectivity index (χ0v) is 10.4. The fourth-order valence-corrected chi connectivity index (χ4v) is 2.63. The highest BCUT2D eigenvalue weighted by Crippen LogP contribution is 2.30. The third-order valence-electron chi connectivity index (χ3n) is 3.62. The molecule has 2 unspecified atom stereocenters. The monoisotopic (exact) mass is 221 g/mol. The summed E-state index contributed by atoms with van der Waals surface area (Å²) in [5.41, 5.74) is 0. The lowest BCUT2D eigenvalue weighted by Gasteiger charge is -2.15. The third-order valence-corrected chi connectivity index (χ3v) is 3.62. The van der Waals surface area contributed by atoms with E-state index in [4.69, 9.17) is 0 Å². The van der Waals surface area contributed by atoms with Gasteiger partial charge in [0.05, 0.1) is 6.20 Å². The van der Waals surface area contributed by atoms with Crippen LogP contribution in [0, 0.1) is 5.92 Å². The van der Waals surface area contributed by atoms with Gasteiger partial charge in [0.1, 0.15) is 5.82 Å². The van der Waals surface area contributed by atoms with Crippen molar-refractivity contribution in [1.29, 1.82) is 0 Å². The predicted molar refractivity (Wildman–Crippen MR) is 67.6 cm³/mol. The molecule has 0 spiro atoms. The van der Waals surface area contributed by atoms with E-state index >= 15 is 0 Å². The summed E-state index contributed by atoms with van der Waals surface area (Å²) in [6, 6.07) is 2.76. The number of rotatable bonds is 5. The maximum absolute atomic E-state index is 4.34. The van der Waals surface area contributed by atoms with Crippen LogP contribution in [0.2, 0.25) is 0 Å². The van der Waals surface area contributed by atoms with Crippen molar-refractivity contribution in [1.82, 2.24) is 9.78 Å². The Hall–Kier alpha value is -0.990. The number of aromatic nitrogens is 2. The van der Waals surface area contributed by atoms with Crippen LogP contribution in [0.5, 0.6) is 0 Å². The normalized spacial score (nSPS) is 24.9. The summed E-state index contributed by atoms with van der Waals surface area (Å²) in [6.45, 7) is 5.50. The van der Waals surface area contributed by atoms with Crippen molar-refractivity contribution in [3.8, 4) is 0 Å². The van der Waals surface area contributed by atoms with E-state index in [9.17, 15) is 0 Å². The van der Waals surface area contributed by atoms with Gasteiger partial charge >= 0.3 is 0 Å². The number of anilines is 1. The molecule has 1 aliphatic carbocycles. The Morgan fingerprint density at radius 3 is 3.00 bits per heavy atom. The van der Waals surface area contributed by atoms with Gasteiger partial charge in [0.25, 0.3) is 0 Å². The molecule has 1 heterocycles. The van der Waals surface area contributed by atoms with E-state index in [1.54, 1.807) is 0 Å². The minimum atomic E-state index is 0.664. The first kappa shape index (κ1) is 11.5. The van der Waals surface area contributed by atoms with Gasteiger partial charge in [-0.05, 0) is 31.6 Å². The van der Waals surface area contributed by atoms with Crippen LogP contribution in [-0.4, -0.2) is 15.8 Å². The summed E-state index contributed by atoms with van der Waals surface area (Å²) in [4.78, 5) is 0. The van der Waals surface area contributed by atoms with Crippen molar-refractivity contribution in [2.75, 3.05) is 5.32 Å². The maximum Gasteiger partial charge on any atom is 0.124 e. The molecule has 0 aliphatic heterocycles. The van der Waals surface area contributed by atoms with E-state index in [0.29, 0.717) is 6.04 Å². The highest BCUT2D eigenvalue weighted by atomic mass is 15.3. The Kier molecular flexibility index (Phi) is 3.86. The number of nitrogens with zero attached hydrogens (tertiary/aromatic N) is 2. The van der Waals surface area contributed by atoms with Crippen LogP contribution < -0.4 is 5.32 Å². The Balaban J connectivity index is 1.91. The highest BCUT2D eigenvalue weighted by Gasteiger charge is 2.23. The van der Waals surface area contributed by atoms with Crippen LogP contribution in [0.25, 0.3) is 0 Å². The molecule has 2 rings (SSSR count). The zero-order chi connectivity index (χ0) is 11.4. The van der Waals surface area contributed by atoms with Crippen LogP contribution >= 0.6 is 0 Å². The second kappa shape index (κ2) is 5.37. The summed E-state index contributed by atoms with van der Waals surface area (Å²) in [5, 5.41) is 7.98. The van der Waals surface area contributed by atoms with Gasteiger partial charge in [0, 0.05) is 18.7 Å². The van der Waals surface area contributed by atoms with Gasteiger partial charge in [-0.25, -0.2) is 4.68 Å². The molecule has 1 saturated carbocycles. The van der Waals surface area contributed by atoms with E-state index in [2.05, 4.69) is 35.0 Å². The number of hydrogen-bond acceptors (Lipinski definition) is 2. The van der Waals surface area contributed by atoms with Crippen molar-refractivity contribution in [2.45, 2.75) is 58.5 Å². The molecular formula is C13H23N3. The fourth-order valence-electron chi connectivity index (χ4n) is 2.63. The zero-order valence-electron chi connectivity index (χ0n) is 10.4. The molecule has 2 atom stereocenters. The topological polar surface area (TPSA) is 29.9 Å². The molecule has 3 heteroatoms. The van der Waals surface area contributed by atoms with Crippen molar-refractivity contribution in [2.24, 2.45) is 5.92 Å².